The third-order valence-corrected chi connectivity index (χ3v) is 5.15. The van der Waals surface area contributed by atoms with Crippen LogP contribution in [0.2, 0.25) is 0 Å². The molecule has 0 aromatic heterocycles. The van der Waals surface area contributed by atoms with Gasteiger partial charge in [0.25, 0.3) is 0 Å². The molecule has 2 aromatic carbocycles. The highest BCUT2D eigenvalue weighted by atomic mass is 35.5. The predicted octanol–water partition coefficient (Wildman–Crippen LogP) is 6.69. The normalized spacial score (nSPS) is 16.6. The van der Waals surface area contributed by atoms with Gasteiger partial charge in [0.05, 0.1) is 5.38 Å². The van der Waals surface area contributed by atoms with E-state index in [0.717, 1.165) is 11.7 Å². The fourth-order valence-electron chi connectivity index (χ4n) is 3.47. The molecule has 0 N–H and O–H groups in total. The van der Waals surface area contributed by atoms with E-state index in [2.05, 4.69) is 42.8 Å². The summed E-state index contributed by atoms with van der Waals surface area (Å²) in [6, 6.07) is 17.3. The summed E-state index contributed by atoms with van der Waals surface area (Å²) in [4.78, 5) is 0. The Labute approximate surface area is 157 Å². The van der Waals surface area contributed by atoms with Crippen molar-refractivity contribution < 1.29 is 4.74 Å². The Morgan fingerprint density at radius 1 is 0.960 bits per heavy atom. The maximum absolute atomic E-state index is 5.92. The van der Waals surface area contributed by atoms with Gasteiger partial charge in [-0.15, -0.1) is 11.6 Å². The van der Waals surface area contributed by atoms with E-state index in [4.69, 9.17) is 16.3 Å². The quantitative estimate of drug-likeness (QED) is 0.503. The Morgan fingerprint density at radius 3 is 2.16 bits per heavy atom. The minimum Gasteiger partial charge on any atom is -0.492 e. The summed E-state index contributed by atoms with van der Waals surface area (Å²) in [5.41, 5.74) is 3.93. The molecule has 3 rings (SSSR count). The number of rotatable bonds is 7. The zero-order chi connectivity index (χ0) is 17.5. The zero-order valence-corrected chi connectivity index (χ0v) is 15.8. The molecule has 1 nitrogen and oxygen atoms in total. The summed E-state index contributed by atoms with van der Waals surface area (Å²) in [6.07, 6.45) is 10.4. The van der Waals surface area contributed by atoms with E-state index in [1.807, 2.05) is 19.1 Å². The van der Waals surface area contributed by atoms with Gasteiger partial charge in [0, 0.05) is 0 Å². The molecule has 1 saturated carbocycles. The van der Waals surface area contributed by atoms with E-state index >= 15 is 0 Å². The molecule has 1 aliphatic carbocycles. The van der Waals surface area contributed by atoms with Gasteiger partial charge in [0.1, 0.15) is 12.4 Å². The number of benzene rings is 2. The number of aryl methyl sites for hydroxylation is 1. The maximum atomic E-state index is 5.92. The number of hydrogen-bond donors (Lipinski definition) is 0. The second-order valence-corrected chi connectivity index (χ2v) is 7.91. The monoisotopic (exact) mass is 355 g/mol. The number of halogens is 1. The van der Waals surface area contributed by atoms with Crippen LogP contribution in [-0.4, -0.2) is 12.0 Å². The number of hydrogen-bond acceptors (Lipinski definition) is 1. The van der Waals surface area contributed by atoms with Gasteiger partial charge in [-0.2, -0.15) is 0 Å². The standard InChI is InChI=1S/C23H28ClO/c1-18(24)17-25-23-15-13-22(14-16-23)21-11-9-20(10-12-21)8-7-19-5-3-2-4-6-19/h2,9-16,18-19H,3-8,17H2,1H3/t18-/m0/s1. The van der Waals surface area contributed by atoms with Crippen molar-refractivity contribution >= 4 is 11.6 Å². The molecule has 1 fully saturated rings. The predicted molar refractivity (Wildman–Crippen MR) is 107 cm³/mol. The topological polar surface area (TPSA) is 9.23 Å². The summed E-state index contributed by atoms with van der Waals surface area (Å²) in [5.74, 6) is 1.80. The summed E-state index contributed by atoms with van der Waals surface area (Å²) in [7, 11) is 0. The van der Waals surface area contributed by atoms with Crippen LogP contribution in [-0.2, 0) is 6.42 Å². The minimum absolute atomic E-state index is 0.0268. The first-order chi connectivity index (χ1) is 12.2. The first-order valence-corrected chi connectivity index (χ1v) is 9.92. The molecule has 0 amide bonds. The largest absolute Gasteiger partial charge is 0.492 e. The molecule has 2 heteroatoms. The Hall–Kier alpha value is -1.47. The minimum atomic E-state index is 0.0268. The van der Waals surface area contributed by atoms with Gasteiger partial charge in [-0.25, -0.2) is 0 Å². The van der Waals surface area contributed by atoms with Crippen LogP contribution in [0.25, 0.3) is 11.1 Å². The van der Waals surface area contributed by atoms with Crippen LogP contribution < -0.4 is 4.74 Å². The van der Waals surface area contributed by atoms with Gasteiger partial charge in [0.15, 0.2) is 0 Å². The Morgan fingerprint density at radius 2 is 1.56 bits per heavy atom. The SMILES string of the molecule is C[C@H](Cl)COc1ccc(-c2ccc(CCC3CC[CH]CC3)cc2)cc1. The highest BCUT2D eigenvalue weighted by Crippen LogP contribution is 2.28. The molecule has 2 aromatic rings. The molecule has 0 unspecified atom stereocenters. The fourth-order valence-corrected chi connectivity index (χ4v) is 3.54. The van der Waals surface area contributed by atoms with E-state index in [-0.39, 0.29) is 5.38 Å². The average Bonchev–Trinajstić information content (AvgIpc) is 2.66. The van der Waals surface area contributed by atoms with E-state index in [0.29, 0.717) is 6.61 Å². The fraction of sp³-hybridized carbons (Fsp3) is 0.435. The molecule has 25 heavy (non-hydrogen) atoms. The third-order valence-electron chi connectivity index (χ3n) is 5.02. The van der Waals surface area contributed by atoms with Crippen molar-refractivity contribution in [2.75, 3.05) is 6.61 Å². The molecular formula is C23H28ClO. The van der Waals surface area contributed by atoms with Gasteiger partial charge in [0.2, 0.25) is 0 Å². The van der Waals surface area contributed by atoms with Gasteiger partial charge >= 0.3 is 0 Å². The summed E-state index contributed by atoms with van der Waals surface area (Å²) < 4.78 is 5.63. The van der Waals surface area contributed by atoms with Crippen LogP contribution in [0, 0.1) is 12.3 Å². The Balaban J connectivity index is 1.54. The molecular weight excluding hydrogens is 328 g/mol. The Bertz CT molecular complexity index is 624. The highest BCUT2D eigenvalue weighted by molar-refractivity contribution is 6.20. The van der Waals surface area contributed by atoms with Gasteiger partial charge in [-0.05, 0) is 73.8 Å². The highest BCUT2D eigenvalue weighted by Gasteiger charge is 2.13. The van der Waals surface area contributed by atoms with E-state index in [9.17, 15) is 0 Å². The maximum Gasteiger partial charge on any atom is 0.119 e. The molecule has 0 spiro atoms. The van der Waals surface area contributed by atoms with Gasteiger partial charge in [-0.1, -0.05) is 49.2 Å². The Kier molecular flexibility index (Phi) is 6.81. The lowest BCUT2D eigenvalue weighted by atomic mass is 9.85. The second-order valence-electron chi connectivity index (χ2n) is 7.16. The van der Waals surface area contributed by atoms with E-state index in [1.54, 1.807) is 0 Å². The smallest absolute Gasteiger partial charge is 0.119 e. The van der Waals surface area contributed by atoms with E-state index < -0.39 is 0 Å². The molecule has 1 atom stereocenters. The molecule has 1 aliphatic rings. The van der Waals surface area contributed by atoms with Gasteiger partial charge < -0.3 is 4.74 Å². The van der Waals surface area contributed by atoms with Gasteiger partial charge in [-0.3, -0.25) is 0 Å². The van der Waals surface area contributed by atoms with Crippen LogP contribution in [0.5, 0.6) is 5.75 Å². The lowest BCUT2D eigenvalue weighted by Crippen LogP contribution is -2.07. The molecule has 0 saturated heterocycles. The summed E-state index contributed by atoms with van der Waals surface area (Å²) >= 11 is 5.92. The summed E-state index contributed by atoms with van der Waals surface area (Å²) in [5, 5.41) is 0.0268. The van der Waals surface area contributed by atoms with Crippen molar-refractivity contribution in [1.82, 2.24) is 0 Å². The van der Waals surface area contributed by atoms with E-state index in [1.165, 1.54) is 55.2 Å². The van der Waals surface area contributed by atoms with Crippen molar-refractivity contribution in [1.29, 1.82) is 0 Å². The first kappa shape index (κ1) is 18.3. The third kappa shape index (κ3) is 5.78. The van der Waals surface area contributed by atoms with Crippen molar-refractivity contribution in [3.05, 3.63) is 60.5 Å². The van der Waals surface area contributed by atoms with Crippen molar-refractivity contribution in [3.63, 3.8) is 0 Å². The van der Waals surface area contributed by atoms with Crippen LogP contribution in [0.3, 0.4) is 0 Å². The molecule has 1 radical (unpaired) electrons. The average molecular weight is 356 g/mol. The van der Waals surface area contributed by atoms with Crippen molar-refractivity contribution in [2.45, 2.75) is 50.8 Å². The first-order valence-electron chi connectivity index (χ1n) is 9.48. The van der Waals surface area contributed by atoms with Crippen LogP contribution in [0.1, 0.15) is 44.6 Å². The molecule has 133 valence electrons. The number of ether oxygens (including phenoxy) is 1. The lowest BCUT2D eigenvalue weighted by molar-refractivity contribution is 0.320. The lowest BCUT2D eigenvalue weighted by Gasteiger charge is -2.21. The van der Waals surface area contributed by atoms with Crippen LogP contribution in [0.4, 0.5) is 0 Å². The molecule has 0 aliphatic heterocycles. The van der Waals surface area contributed by atoms with Crippen LogP contribution >= 0.6 is 11.6 Å². The van der Waals surface area contributed by atoms with Crippen molar-refractivity contribution in [3.8, 4) is 16.9 Å². The zero-order valence-electron chi connectivity index (χ0n) is 15.1. The van der Waals surface area contributed by atoms with Crippen molar-refractivity contribution in [2.24, 2.45) is 5.92 Å². The molecule has 0 bridgehead atoms. The van der Waals surface area contributed by atoms with Crippen LogP contribution in [0.15, 0.2) is 48.5 Å². The number of alkyl halides is 1. The summed E-state index contributed by atoms with van der Waals surface area (Å²) in [6.45, 7) is 2.47. The molecule has 0 heterocycles. The second kappa shape index (κ2) is 9.29.